The van der Waals surface area contributed by atoms with Crippen molar-refractivity contribution >= 4 is 11.9 Å². The average molecular weight is 436 g/mol. The molecule has 6 nitrogen and oxygen atoms in total. The molecule has 0 N–H and O–H groups in total. The van der Waals surface area contributed by atoms with Crippen molar-refractivity contribution in [2.45, 2.75) is 45.3 Å². The molecule has 2 saturated heterocycles. The standard InChI is InChI=1S/C26H33N3O3/c1-20(2)17-29-25(31)28(19-22-9-11-23(32-3)12-10-22)24(30)26(29)13-15-27(16-14-26)18-21-7-5-4-6-8-21/h4-12,20H,13-19H2,1-3H3. The van der Waals surface area contributed by atoms with Crippen molar-refractivity contribution in [1.29, 1.82) is 0 Å². The molecule has 170 valence electrons. The average Bonchev–Trinajstić information content (AvgIpc) is 2.98. The zero-order valence-corrected chi connectivity index (χ0v) is 19.3. The molecule has 2 aromatic rings. The third kappa shape index (κ3) is 4.37. The fourth-order valence-electron chi connectivity index (χ4n) is 4.86. The zero-order valence-electron chi connectivity index (χ0n) is 19.3. The molecule has 2 aromatic carbocycles. The second-order valence-electron chi connectivity index (χ2n) is 9.32. The molecule has 0 aliphatic carbocycles. The number of imide groups is 1. The van der Waals surface area contributed by atoms with E-state index in [1.807, 2.05) is 35.2 Å². The highest BCUT2D eigenvalue weighted by molar-refractivity contribution is 6.07. The Morgan fingerprint density at radius 3 is 2.12 bits per heavy atom. The summed E-state index contributed by atoms with van der Waals surface area (Å²) in [6.45, 7) is 7.58. The summed E-state index contributed by atoms with van der Waals surface area (Å²) in [7, 11) is 1.63. The van der Waals surface area contributed by atoms with Crippen molar-refractivity contribution < 1.29 is 14.3 Å². The number of amides is 3. The summed E-state index contributed by atoms with van der Waals surface area (Å²) in [5, 5.41) is 0. The van der Waals surface area contributed by atoms with Gasteiger partial charge in [-0.3, -0.25) is 14.6 Å². The van der Waals surface area contributed by atoms with Crippen molar-refractivity contribution in [3.8, 4) is 5.75 Å². The van der Waals surface area contributed by atoms with Crippen LogP contribution in [0.1, 0.15) is 37.8 Å². The van der Waals surface area contributed by atoms with Gasteiger partial charge in [-0.05, 0) is 42.0 Å². The van der Waals surface area contributed by atoms with E-state index in [2.05, 4.69) is 43.0 Å². The molecule has 32 heavy (non-hydrogen) atoms. The van der Waals surface area contributed by atoms with Gasteiger partial charge in [0.1, 0.15) is 11.3 Å². The molecule has 0 unspecified atom stereocenters. The van der Waals surface area contributed by atoms with E-state index in [9.17, 15) is 9.59 Å². The molecule has 0 atom stereocenters. The van der Waals surface area contributed by atoms with Crippen LogP contribution in [0, 0.1) is 5.92 Å². The predicted molar refractivity (Wildman–Crippen MR) is 124 cm³/mol. The first-order valence-corrected chi connectivity index (χ1v) is 11.5. The molecule has 6 heteroatoms. The van der Waals surface area contributed by atoms with Crippen LogP contribution in [0.4, 0.5) is 4.79 Å². The van der Waals surface area contributed by atoms with Gasteiger partial charge in [0, 0.05) is 26.2 Å². The van der Waals surface area contributed by atoms with Crippen LogP contribution in [-0.4, -0.2) is 58.9 Å². The zero-order chi connectivity index (χ0) is 22.7. The van der Waals surface area contributed by atoms with E-state index in [4.69, 9.17) is 4.74 Å². The van der Waals surface area contributed by atoms with E-state index in [1.165, 1.54) is 10.5 Å². The first-order valence-electron chi connectivity index (χ1n) is 11.5. The van der Waals surface area contributed by atoms with Crippen LogP contribution >= 0.6 is 0 Å². The number of urea groups is 1. The van der Waals surface area contributed by atoms with E-state index in [-0.39, 0.29) is 11.9 Å². The number of likely N-dealkylation sites (tertiary alicyclic amines) is 1. The number of nitrogens with zero attached hydrogens (tertiary/aromatic N) is 3. The minimum atomic E-state index is -0.721. The van der Waals surface area contributed by atoms with E-state index < -0.39 is 5.54 Å². The second-order valence-corrected chi connectivity index (χ2v) is 9.32. The van der Waals surface area contributed by atoms with Crippen molar-refractivity contribution in [2.24, 2.45) is 5.92 Å². The van der Waals surface area contributed by atoms with Gasteiger partial charge in [0.25, 0.3) is 5.91 Å². The third-order valence-corrected chi connectivity index (χ3v) is 6.60. The van der Waals surface area contributed by atoms with Crippen LogP contribution in [0.2, 0.25) is 0 Å². The normalized spacial score (nSPS) is 18.8. The quantitative estimate of drug-likeness (QED) is 0.613. The highest BCUT2D eigenvalue weighted by atomic mass is 16.5. The Morgan fingerprint density at radius 2 is 1.53 bits per heavy atom. The Kier molecular flexibility index (Phi) is 6.51. The van der Waals surface area contributed by atoms with Gasteiger partial charge in [-0.1, -0.05) is 56.3 Å². The summed E-state index contributed by atoms with van der Waals surface area (Å²) in [5.41, 5.74) is 1.48. The Labute approximate surface area is 190 Å². The molecule has 0 radical (unpaired) electrons. The lowest BCUT2D eigenvalue weighted by Crippen LogP contribution is -2.57. The number of piperidine rings is 1. The number of hydrogen-bond acceptors (Lipinski definition) is 4. The number of hydrogen-bond donors (Lipinski definition) is 0. The SMILES string of the molecule is COc1ccc(CN2C(=O)N(CC(C)C)C3(CCN(Cc4ccccc4)CC3)C2=O)cc1. The molecule has 4 rings (SSSR count). The fourth-order valence-corrected chi connectivity index (χ4v) is 4.86. The number of rotatable bonds is 7. The summed E-state index contributed by atoms with van der Waals surface area (Å²) in [4.78, 5) is 32.8. The highest BCUT2D eigenvalue weighted by Gasteiger charge is 2.57. The largest absolute Gasteiger partial charge is 0.497 e. The molecule has 0 bridgehead atoms. The Morgan fingerprint density at radius 1 is 0.906 bits per heavy atom. The third-order valence-electron chi connectivity index (χ3n) is 6.60. The number of methoxy groups -OCH3 is 1. The minimum absolute atomic E-state index is 0.0432. The van der Waals surface area contributed by atoms with Gasteiger partial charge in [0.05, 0.1) is 13.7 Å². The van der Waals surface area contributed by atoms with Crippen LogP contribution in [0.15, 0.2) is 54.6 Å². The molecule has 2 aliphatic heterocycles. The van der Waals surface area contributed by atoms with E-state index in [0.717, 1.165) is 30.9 Å². The molecular weight excluding hydrogens is 402 g/mol. The smallest absolute Gasteiger partial charge is 0.327 e. The van der Waals surface area contributed by atoms with Crippen LogP contribution in [-0.2, 0) is 17.9 Å². The summed E-state index contributed by atoms with van der Waals surface area (Å²) in [5.74, 6) is 1.02. The van der Waals surface area contributed by atoms with Crippen molar-refractivity contribution in [1.82, 2.24) is 14.7 Å². The van der Waals surface area contributed by atoms with E-state index >= 15 is 0 Å². The molecule has 0 saturated carbocycles. The molecule has 3 amide bonds. The summed E-state index contributed by atoms with van der Waals surface area (Å²) < 4.78 is 5.22. The summed E-state index contributed by atoms with van der Waals surface area (Å²) in [6.07, 6.45) is 1.35. The van der Waals surface area contributed by atoms with Crippen molar-refractivity contribution in [2.75, 3.05) is 26.7 Å². The lowest BCUT2D eigenvalue weighted by Gasteiger charge is -2.42. The molecule has 0 aromatic heterocycles. The van der Waals surface area contributed by atoms with Crippen LogP contribution in [0.25, 0.3) is 0 Å². The molecule has 1 spiro atoms. The van der Waals surface area contributed by atoms with Gasteiger partial charge in [-0.15, -0.1) is 0 Å². The van der Waals surface area contributed by atoms with E-state index in [1.54, 1.807) is 7.11 Å². The summed E-state index contributed by atoms with van der Waals surface area (Å²) >= 11 is 0. The van der Waals surface area contributed by atoms with Crippen molar-refractivity contribution in [3.05, 3.63) is 65.7 Å². The maximum atomic E-state index is 13.7. The first kappa shape index (κ1) is 22.3. The van der Waals surface area contributed by atoms with Crippen molar-refractivity contribution in [3.63, 3.8) is 0 Å². The number of carbonyl (C=O) groups is 2. The van der Waals surface area contributed by atoms with Crippen LogP contribution < -0.4 is 4.74 Å². The van der Waals surface area contributed by atoms with Crippen LogP contribution in [0.3, 0.4) is 0 Å². The Bertz CT molecular complexity index is 935. The predicted octanol–water partition coefficient (Wildman–Crippen LogP) is 4.15. The highest BCUT2D eigenvalue weighted by Crippen LogP contribution is 2.39. The lowest BCUT2D eigenvalue weighted by atomic mass is 9.85. The van der Waals surface area contributed by atoms with E-state index in [0.29, 0.717) is 31.8 Å². The van der Waals surface area contributed by atoms with Gasteiger partial charge in [0.15, 0.2) is 0 Å². The second kappa shape index (κ2) is 9.33. The van der Waals surface area contributed by atoms with Gasteiger partial charge in [-0.25, -0.2) is 4.79 Å². The Hall–Kier alpha value is -2.86. The Balaban J connectivity index is 1.51. The maximum Gasteiger partial charge on any atom is 0.327 e. The number of benzene rings is 2. The van der Waals surface area contributed by atoms with Gasteiger partial charge < -0.3 is 9.64 Å². The monoisotopic (exact) mass is 435 g/mol. The first-order chi connectivity index (χ1) is 15.4. The van der Waals surface area contributed by atoms with Gasteiger partial charge in [0.2, 0.25) is 0 Å². The maximum absolute atomic E-state index is 13.7. The molecular formula is C26H33N3O3. The fraction of sp³-hybridized carbons (Fsp3) is 0.462. The molecule has 2 fully saturated rings. The lowest BCUT2D eigenvalue weighted by molar-refractivity contribution is -0.136. The molecule has 2 aliphatic rings. The number of carbonyl (C=O) groups excluding carboxylic acids is 2. The molecule has 2 heterocycles. The minimum Gasteiger partial charge on any atom is -0.497 e. The summed E-state index contributed by atoms with van der Waals surface area (Å²) in [6, 6.07) is 17.8. The van der Waals surface area contributed by atoms with Gasteiger partial charge in [-0.2, -0.15) is 0 Å². The van der Waals surface area contributed by atoms with Crippen LogP contribution in [0.5, 0.6) is 5.75 Å². The van der Waals surface area contributed by atoms with Gasteiger partial charge >= 0.3 is 6.03 Å². The number of ether oxygens (including phenoxy) is 1. The topological polar surface area (TPSA) is 53.1 Å².